The summed E-state index contributed by atoms with van der Waals surface area (Å²) in [4.78, 5) is 0. The van der Waals surface area contributed by atoms with Gasteiger partial charge in [-0.2, -0.15) is 0 Å². The average molecular weight is 433 g/mol. The Bertz CT molecular complexity index is 851. The van der Waals surface area contributed by atoms with Crippen molar-refractivity contribution in [2.45, 2.75) is 13.2 Å². The predicted molar refractivity (Wildman–Crippen MR) is 110 cm³/mol. The number of halogens is 2. The van der Waals surface area contributed by atoms with Gasteiger partial charge >= 0.3 is 0 Å². The van der Waals surface area contributed by atoms with Crippen LogP contribution in [0.4, 0.5) is 5.69 Å². The molecule has 134 valence electrons. The highest BCUT2D eigenvalue weighted by atomic mass is 79.9. The summed E-state index contributed by atoms with van der Waals surface area (Å²) in [6, 6.07) is 21.7. The van der Waals surface area contributed by atoms with Crippen molar-refractivity contribution in [3.8, 4) is 11.5 Å². The van der Waals surface area contributed by atoms with Gasteiger partial charge in [0.1, 0.15) is 18.1 Å². The Morgan fingerprint density at radius 1 is 0.923 bits per heavy atom. The van der Waals surface area contributed by atoms with Crippen molar-refractivity contribution >= 4 is 33.2 Å². The van der Waals surface area contributed by atoms with E-state index in [0.717, 1.165) is 27.0 Å². The third kappa shape index (κ3) is 5.16. The van der Waals surface area contributed by atoms with Gasteiger partial charge in [-0.15, -0.1) is 0 Å². The number of anilines is 1. The summed E-state index contributed by atoms with van der Waals surface area (Å²) in [5.74, 6) is 1.52. The molecule has 0 bridgehead atoms. The molecule has 3 nitrogen and oxygen atoms in total. The first-order chi connectivity index (χ1) is 12.6. The van der Waals surface area contributed by atoms with Crippen LogP contribution in [-0.4, -0.2) is 7.11 Å². The molecule has 3 rings (SSSR count). The van der Waals surface area contributed by atoms with E-state index in [1.165, 1.54) is 0 Å². The van der Waals surface area contributed by atoms with Crippen molar-refractivity contribution in [1.82, 2.24) is 0 Å². The van der Waals surface area contributed by atoms with Crippen molar-refractivity contribution in [3.05, 3.63) is 87.4 Å². The molecule has 0 radical (unpaired) electrons. The van der Waals surface area contributed by atoms with E-state index in [1.54, 1.807) is 7.11 Å². The molecule has 0 aliphatic rings. The largest absolute Gasteiger partial charge is 0.497 e. The van der Waals surface area contributed by atoms with E-state index in [2.05, 4.69) is 21.2 Å². The van der Waals surface area contributed by atoms with Gasteiger partial charge in [0.15, 0.2) is 0 Å². The minimum absolute atomic E-state index is 0.483. The maximum absolute atomic E-state index is 6.37. The lowest BCUT2D eigenvalue weighted by atomic mass is 10.2. The molecule has 0 aliphatic carbocycles. The Hall–Kier alpha value is -2.17. The Kier molecular flexibility index (Phi) is 6.42. The number of rotatable bonds is 7. The highest BCUT2D eigenvalue weighted by molar-refractivity contribution is 9.10. The third-order valence-corrected chi connectivity index (χ3v) is 4.71. The molecule has 0 heterocycles. The standard InChI is InChI=1S/C21H19BrClNO2/c1-25-19-9-7-18(8-10-19)24-13-16-4-11-21(20(23)12-16)26-14-15-2-5-17(22)6-3-15/h2-12,24H,13-14H2,1H3. The van der Waals surface area contributed by atoms with E-state index in [0.29, 0.717) is 23.9 Å². The molecule has 3 aromatic rings. The van der Waals surface area contributed by atoms with Crippen molar-refractivity contribution in [3.63, 3.8) is 0 Å². The molecule has 0 amide bonds. The maximum atomic E-state index is 6.37. The third-order valence-electron chi connectivity index (χ3n) is 3.89. The second-order valence-electron chi connectivity index (χ2n) is 5.76. The van der Waals surface area contributed by atoms with Gasteiger partial charge in [-0.1, -0.05) is 45.7 Å². The van der Waals surface area contributed by atoms with E-state index in [-0.39, 0.29) is 0 Å². The van der Waals surface area contributed by atoms with E-state index in [4.69, 9.17) is 21.1 Å². The molecule has 0 spiro atoms. The first kappa shape index (κ1) is 18.6. The van der Waals surface area contributed by atoms with Gasteiger partial charge in [0, 0.05) is 16.7 Å². The molecule has 1 N–H and O–H groups in total. The molecular formula is C21H19BrClNO2. The smallest absolute Gasteiger partial charge is 0.138 e. The van der Waals surface area contributed by atoms with Gasteiger partial charge in [0.25, 0.3) is 0 Å². The van der Waals surface area contributed by atoms with Crippen LogP contribution in [0.1, 0.15) is 11.1 Å². The van der Waals surface area contributed by atoms with Crippen LogP contribution in [-0.2, 0) is 13.2 Å². The summed E-state index contributed by atoms with van der Waals surface area (Å²) < 4.78 is 12.0. The Morgan fingerprint density at radius 2 is 1.62 bits per heavy atom. The quantitative estimate of drug-likeness (QED) is 0.475. The lowest BCUT2D eigenvalue weighted by Crippen LogP contribution is -2.00. The second kappa shape index (κ2) is 8.97. The fourth-order valence-corrected chi connectivity index (χ4v) is 2.95. The van der Waals surface area contributed by atoms with Crippen LogP contribution < -0.4 is 14.8 Å². The van der Waals surface area contributed by atoms with Crippen molar-refractivity contribution < 1.29 is 9.47 Å². The number of hydrogen-bond donors (Lipinski definition) is 1. The second-order valence-corrected chi connectivity index (χ2v) is 7.08. The average Bonchev–Trinajstić information content (AvgIpc) is 2.67. The van der Waals surface area contributed by atoms with Gasteiger partial charge in [-0.25, -0.2) is 0 Å². The van der Waals surface area contributed by atoms with E-state index < -0.39 is 0 Å². The van der Waals surface area contributed by atoms with Gasteiger partial charge in [-0.3, -0.25) is 0 Å². The normalized spacial score (nSPS) is 10.4. The van der Waals surface area contributed by atoms with Gasteiger partial charge < -0.3 is 14.8 Å². The summed E-state index contributed by atoms with van der Waals surface area (Å²) >= 11 is 9.79. The fourth-order valence-electron chi connectivity index (χ4n) is 2.43. The minimum atomic E-state index is 0.483. The first-order valence-electron chi connectivity index (χ1n) is 8.17. The van der Waals surface area contributed by atoms with Gasteiger partial charge in [0.05, 0.1) is 12.1 Å². The highest BCUT2D eigenvalue weighted by Crippen LogP contribution is 2.27. The molecule has 0 saturated heterocycles. The van der Waals surface area contributed by atoms with Crippen molar-refractivity contribution in [2.75, 3.05) is 12.4 Å². The summed E-state index contributed by atoms with van der Waals surface area (Å²) in [5, 5.41) is 3.97. The summed E-state index contributed by atoms with van der Waals surface area (Å²) in [5.41, 5.74) is 3.20. The topological polar surface area (TPSA) is 30.5 Å². The van der Waals surface area contributed by atoms with Crippen molar-refractivity contribution in [1.29, 1.82) is 0 Å². The molecule has 5 heteroatoms. The van der Waals surface area contributed by atoms with E-state index >= 15 is 0 Å². The zero-order valence-corrected chi connectivity index (χ0v) is 16.7. The predicted octanol–water partition coefficient (Wildman–Crippen LogP) is 6.30. The number of nitrogens with one attached hydrogen (secondary N) is 1. The summed E-state index contributed by atoms with van der Waals surface area (Å²) in [7, 11) is 1.66. The van der Waals surface area contributed by atoms with Crippen LogP contribution in [0.3, 0.4) is 0 Å². The SMILES string of the molecule is COc1ccc(NCc2ccc(OCc3ccc(Br)cc3)c(Cl)c2)cc1. The number of ether oxygens (including phenoxy) is 2. The maximum Gasteiger partial charge on any atom is 0.138 e. The Labute approximate surface area is 167 Å². The number of methoxy groups -OCH3 is 1. The van der Waals surface area contributed by atoms with E-state index in [9.17, 15) is 0 Å². The zero-order valence-electron chi connectivity index (χ0n) is 14.3. The minimum Gasteiger partial charge on any atom is -0.497 e. The van der Waals surface area contributed by atoms with Crippen molar-refractivity contribution in [2.24, 2.45) is 0 Å². The Balaban J connectivity index is 1.57. The van der Waals surface area contributed by atoms with Gasteiger partial charge in [-0.05, 0) is 59.7 Å². The monoisotopic (exact) mass is 431 g/mol. The molecule has 0 fully saturated rings. The van der Waals surface area contributed by atoms with Crippen LogP contribution in [0.15, 0.2) is 71.2 Å². The molecule has 0 aromatic heterocycles. The fraction of sp³-hybridized carbons (Fsp3) is 0.143. The first-order valence-corrected chi connectivity index (χ1v) is 9.35. The zero-order chi connectivity index (χ0) is 18.4. The molecular weight excluding hydrogens is 414 g/mol. The molecule has 0 atom stereocenters. The summed E-state index contributed by atoms with van der Waals surface area (Å²) in [6.45, 7) is 1.16. The van der Waals surface area contributed by atoms with Crippen LogP contribution >= 0.6 is 27.5 Å². The van der Waals surface area contributed by atoms with Crippen LogP contribution in [0.2, 0.25) is 5.02 Å². The summed E-state index contributed by atoms with van der Waals surface area (Å²) in [6.07, 6.45) is 0. The molecule has 0 aliphatic heterocycles. The Morgan fingerprint density at radius 3 is 2.27 bits per heavy atom. The molecule has 26 heavy (non-hydrogen) atoms. The number of benzene rings is 3. The van der Waals surface area contributed by atoms with E-state index in [1.807, 2.05) is 66.7 Å². The van der Waals surface area contributed by atoms with Crippen LogP contribution in [0, 0.1) is 0 Å². The lowest BCUT2D eigenvalue weighted by molar-refractivity contribution is 0.306. The molecule has 0 saturated carbocycles. The molecule has 0 unspecified atom stereocenters. The lowest BCUT2D eigenvalue weighted by Gasteiger charge is -2.11. The van der Waals surface area contributed by atoms with Gasteiger partial charge in [0.2, 0.25) is 0 Å². The van der Waals surface area contributed by atoms with Crippen LogP contribution in [0.25, 0.3) is 0 Å². The highest BCUT2D eigenvalue weighted by Gasteiger charge is 2.04. The van der Waals surface area contributed by atoms with Crippen LogP contribution in [0.5, 0.6) is 11.5 Å². The molecule has 3 aromatic carbocycles. The number of hydrogen-bond acceptors (Lipinski definition) is 3.